The molecule has 0 saturated heterocycles. The zero-order chi connectivity index (χ0) is 41.4. The van der Waals surface area contributed by atoms with Crippen LogP contribution in [0.4, 0.5) is 55.6 Å². The first-order valence-electron chi connectivity index (χ1n) is 20.9. The predicted octanol–water partition coefficient (Wildman–Crippen LogP) is 13.3. The van der Waals surface area contributed by atoms with Crippen LogP contribution in [0.15, 0.2) is 158 Å². The maximum absolute atomic E-state index is 16.7. The summed E-state index contributed by atoms with van der Waals surface area (Å²) in [6, 6.07) is 56.1. The summed E-state index contributed by atoms with van der Waals surface area (Å²) in [5.41, 5.74) is 16.2. The van der Waals surface area contributed by atoms with Crippen molar-refractivity contribution in [2.45, 2.75) is 78.6 Å². The van der Waals surface area contributed by atoms with Crippen molar-refractivity contribution in [2.75, 3.05) is 14.7 Å². The zero-order valence-electron chi connectivity index (χ0n) is 35.8. The third-order valence-electron chi connectivity index (χ3n) is 12.2. The lowest BCUT2D eigenvalue weighted by atomic mass is 9.33. The molecule has 0 spiro atoms. The summed E-state index contributed by atoms with van der Waals surface area (Å²) in [7, 11) is 0. The lowest BCUT2D eigenvalue weighted by Gasteiger charge is -2.45. The Morgan fingerprint density at radius 2 is 0.864 bits per heavy atom. The lowest BCUT2D eigenvalue weighted by molar-refractivity contribution is 0.590. The third kappa shape index (κ3) is 6.81. The van der Waals surface area contributed by atoms with E-state index in [1.54, 1.807) is 12.1 Å². The first-order valence-corrected chi connectivity index (χ1v) is 20.9. The molecule has 3 nitrogen and oxygen atoms in total. The topological polar surface area (TPSA) is 9.72 Å². The Hall–Kier alpha value is -6.07. The van der Waals surface area contributed by atoms with Crippen LogP contribution in [0.5, 0.6) is 0 Å². The highest BCUT2D eigenvalue weighted by Gasteiger charge is 2.44. The van der Waals surface area contributed by atoms with Gasteiger partial charge < -0.3 is 14.7 Å². The van der Waals surface area contributed by atoms with E-state index in [1.165, 1.54) is 27.6 Å². The van der Waals surface area contributed by atoms with Gasteiger partial charge in [0.15, 0.2) is 0 Å². The number of nitrogens with zero attached hydrogens (tertiary/aromatic N) is 3. The SMILES string of the molecule is CC(C)(C)c1ccc(N2c3ccc(C(C)(C)C)cc3B3c4ccc(N(c5ccccc5)c5ccccc5)cc4N(c4ccc(C(C)(C)C)cc4)c4cc(F)cc2c43)cc1. The lowest BCUT2D eigenvalue weighted by Crippen LogP contribution is -2.61. The van der Waals surface area contributed by atoms with Crippen LogP contribution < -0.4 is 31.1 Å². The minimum Gasteiger partial charge on any atom is -0.311 e. The molecule has 0 atom stereocenters. The van der Waals surface area contributed by atoms with Crippen LogP contribution in [0.25, 0.3) is 0 Å². The molecule has 0 aromatic heterocycles. The fourth-order valence-electron chi connectivity index (χ4n) is 8.94. The Labute approximate surface area is 350 Å². The second-order valence-corrected chi connectivity index (χ2v) is 19.3. The summed E-state index contributed by atoms with van der Waals surface area (Å²) in [6.07, 6.45) is 0. The van der Waals surface area contributed by atoms with Crippen LogP contribution in [0, 0.1) is 5.82 Å². The van der Waals surface area contributed by atoms with E-state index in [2.05, 4.69) is 223 Å². The molecule has 2 heterocycles. The molecule has 0 bridgehead atoms. The monoisotopic (exact) mass is 773 g/mol. The quantitative estimate of drug-likeness (QED) is 0.161. The summed E-state index contributed by atoms with van der Waals surface area (Å²) in [5, 5.41) is 0. The number of para-hydroxylation sites is 2. The number of fused-ring (bicyclic) bond motifs is 4. The first-order chi connectivity index (χ1) is 28.1. The van der Waals surface area contributed by atoms with Crippen molar-refractivity contribution in [3.05, 3.63) is 180 Å². The molecule has 7 aromatic carbocycles. The highest BCUT2D eigenvalue weighted by Crippen LogP contribution is 2.47. The van der Waals surface area contributed by atoms with Gasteiger partial charge in [-0.25, -0.2) is 4.39 Å². The van der Waals surface area contributed by atoms with Gasteiger partial charge in [-0.3, -0.25) is 0 Å². The van der Waals surface area contributed by atoms with Crippen molar-refractivity contribution in [3.63, 3.8) is 0 Å². The second kappa shape index (κ2) is 14.0. The van der Waals surface area contributed by atoms with Crippen molar-refractivity contribution in [2.24, 2.45) is 0 Å². The maximum atomic E-state index is 16.7. The van der Waals surface area contributed by atoms with Crippen molar-refractivity contribution in [1.82, 2.24) is 0 Å². The average Bonchev–Trinajstić information content (AvgIpc) is 3.20. The van der Waals surface area contributed by atoms with Crippen LogP contribution >= 0.6 is 0 Å². The fourth-order valence-corrected chi connectivity index (χ4v) is 8.94. The molecule has 2 aliphatic rings. The summed E-state index contributed by atoms with van der Waals surface area (Å²) < 4.78 is 16.7. The maximum Gasteiger partial charge on any atom is 0.252 e. The smallest absolute Gasteiger partial charge is 0.252 e. The Kier molecular flexibility index (Phi) is 9.16. The number of rotatable bonds is 5. The molecule has 0 saturated carbocycles. The van der Waals surface area contributed by atoms with Gasteiger partial charge >= 0.3 is 0 Å². The highest BCUT2D eigenvalue weighted by atomic mass is 19.1. The summed E-state index contributed by atoms with van der Waals surface area (Å²) in [6.45, 7) is 20.1. The number of anilines is 9. The van der Waals surface area contributed by atoms with Gasteiger partial charge in [0.05, 0.1) is 0 Å². The average molecular weight is 774 g/mol. The van der Waals surface area contributed by atoms with Gasteiger partial charge in [0, 0.05) is 51.2 Å². The number of benzene rings is 7. The van der Waals surface area contributed by atoms with Gasteiger partial charge in [0.25, 0.3) is 6.71 Å². The number of hydrogen-bond acceptors (Lipinski definition) is 3. The van der Waals surface area contributed by atoms with Gasteiger partial charge in [0.1, 0.15) is 5.82 Å². The van der Waals surface area contributed by atoms with Crippen molar-refractivity contribution in [3.8, 4) is 0 Å². The van der Waals surface area contributed by atoms with E-state index in [-0.39, 0.29) is 28.8 Å². The minimum atomic E-state index is -0.269. The van der Waals surface area contributed by atoms with E-state index in [4.69, 9.17) is 0 Å². The third-order valence-corrected chi connectivity index (χ3v) is 12.2. The van der Waals surface area contributed by atoms with Crippen LogP contribution in [-0.2, 0) is 16.2 Å². The van der Waals surface area contributed by atoms with E-state index < -0.39 is 0 Å². The molecular formula is C54H53BFN3. The molecule has 294 valence electrons. The van der Waals surface area contributed by atoms with Gasteiger partial charge in [-0.1, -0.05) is 141 Å². The zero-order valence-corrected chi connectivity index (χ0v) is 35.8. The van der Waals surface area contributed by atoms with Crippen LogP contribution in [0.1, 0.15) is 79.0 Å². The molecule has 59 heavy (non-hydrogen) atoms. The molecule has 0 unspecified atom stereocenters. The second-order valence-electron chi connectivity index (χ2n) is 19.3. The Morgan fingerprint density at radius 3 is 1.34 bits per heavy atom. The molecule has 5 heteroatoms. The highest BCUT2D eigenvalue weighted by molar-refractivity contribution is 7.00. The Bertz CT molecular complexity index is 2630. The van der Waals surface area contributed by atoms with Gasteiger partial charge in [0.2, 0.25) is 0 Å². The van der Waals surface area contributed by atoms with E-state index in [0.717, 1.165) is 56.6 Å². The molecule has 0 fully saturated rings. The Balaban J connectivity index is 1.34. The van der Waals surface area contributed by atoms with Gasteiger partial charge in [-0.05, 0) is 128 Å². The van der Waals surface area contributed by atoms with Crippen molar-refractivity contribution < 1.29 is 4.39 Å². The normalized spacial score (nSPS) is 13.5. The molecule has 2 aliphatic heterocycles. The molecule has 0 aliphatic carbocycles. The number of hydrogen-bond donors (Lipinski definition) is 0. The molecule has 0 amide bonds. The van der Waals surface area contributed by atoms with E-state index in [0.29, 0.717) is 0 Å². The van der Waals surface area contributed by atoms with E-state index in [1.807, 2.05) is 0 Å². The van der Waals surface area contributed by atoms with Crippen molar-refractivity contribution in [1.29, 1.82) is 0 Å². The summed E-state index contributed by atoms with van der Waals surface area (Å²) in [4.78, 5) is 6.90. The van der Waals surface area contributed by atoms with Crippen LogP contribution in [0.2, 0.25) is 0 Å². The number of halogens is 1. The van der Waals surface area contributed by atoms with Crippen LogP contribution in [0.3, 0.4) is 0 Å². The fraction of sp³-hybridized carbons (Fsp3) is 0.222. The predicted molar refractivity (Wildman–Crippen MR) is 251 cm³/mol. The Morgan fingerprint density at radius 1 is 0.407 bits per heavy atom. The molecule has 0 radical (unpaired) electrons. The molecule has 0 N–H and O–H groups in total. The van der Waals surface area contributed by atoms with Gasteiger partial charge in [-0.15, -0.1) is 0 Å². The summed E-state index contributed by atoms with van der Waals surface area (Å²) >= 11 is 0. The van der Waals surface area contributed by atoms with Crippen LogP contribution in [-0.4, -0.2) is 6.71 Å². The molecule has 9 rings (SSSR count). The molecule has 7 aromatic rings. The standard InChI is InChI=1S/C54H53BFN3/c1-52(2,3)36-20-25-42(26-21-36)58-47-31-24-38(54(7,8)9)32-46(47)55-45-30-29-44(57(40-16-12-10-13-17-40)41-18-14-11-15-19-41)35-48(45)59(50-34-39(56)33-49(58)51(50)55)43-27-22-37(23-28-43)53(4,5)6/h10-35H,1-9H3. The minimum absolute atomic E-state index is 0.00522. The molecular weight excluding hydrogens is 720 g/mol. The first kappa shape index (κ1) is 38.5. The van der Waals surface area contributed by atoms with E-state index >= 15 is 4.39 Å². The summed E-state index contributed by atoms with van der Waals surface area (Å²) in [5.74, 6) is -0.269. The van der Waals surface area contributed by atoms with E-state index in [9.17, 15) is 0 Å². The van der Waals surface area contributed by atoms with Crippen molar-refractivity contribution >= 4 is 74.3 Å². The van der Waals surface area contributed by atoms with Gasteiger partial charge in [-0.2, -0.15) is 0 Å². The largest absolute Gasteiger partial charge is 0.311 e.